The van der Waals surface area contributed by atoms with Crippen LogP contribution in [0, 0.1) is 13.8 Å². The highest BCUT2D eigenvalue weighted by Crippen LogP contribution is 2.13. The van der Waals surface area contributed by atoms with Crippen molar-refractivity contribution >= 4 is 5.97 Å². The van der Waals surface area contributed by atoms with Crippen molar-refractivity contribution in [1.82, 2.24) is 0 Å². The summed E-state index contributed by atoms with van der Waals surface area (Å²) in [6, 6.07) is 5.50. The Morgan fingerprint density at radius 1 is 1.36 bits per heavy atom. The number of hydrogen-bond acceptors (Lipinski definition) is 3. The van der Waals surface area contributed by atoms with Crippen LogP contribution in [-0.2, 0) is 9.78 Å². The van der Waals surface area contributed by atoms with Crippen LogP contribution in [0.4, 0.5) is 0 Å². The van der Waals surface area contributed by atoms with Crippen molar-refractivity contribution in [3.05, 3.63) is 34.9 Å². The Morgan fingerprint density at radius 3 is 2.71 bits per heavy atom. The molecule has 1 aromatic rings. The topological polar surface area (TPSA) is 35.5 Å². The normalized spacial score (nSPS) is 9.93. The summed E-state index contributed by atoms with van der Waals surface area (Å²) in [5.74, 6) is -0.437. The predicted octanol–water partition coefficient (Wildman–Crippen LogP) is 2.41. The van der Waals surface area contributed by atoms with Crippen molar-refractivity contribution in [3.8, 4) is 0 Å². The van der Waals surface area contributed by atoms with Crippen molar-refractivity contribution in [2.45, 2.75) is 20.8 Å². The van der Waals surface area contributed by atoms with E-state index in [4.69, 9.17) is 0 Å². The van der Waals surface area contributed by atoms with E-state index in [1.54, 1.807) is 13.0 Å². The fraction of sp³-hybridized carbons (Fsp3) is 0.364. The number of aryl methyl sites for hydroxylation is 1. The predicted molar refractivity (Wildman–Crippen MR) is 53.0 cm³/mol. The van der Waals surface area contributed by atoms with Gasteiger partial charge in [0, 0.05) is 0 Å². The van der Waals surface area contributed by atoms with Gasteiger partial charge in [-0.2, -0.15) is 4.89 Å². The summed E-state index contributed by atoms with van der Waals surface area (Å²) in [6.45, 7) is 5.96. The molecule has 0 unspecified atom stereocenters. The average molecular weight is 194 g/mol. The second-order valence-electron chi connectivity index (χ2n) is 3.02. The molecule has 76 valence electrons. The monoisotopic (exact) mass is 194 g/mol. The molecule has 0 aliphatic heterocycles. The summed E-state index contributed by atoms with van der Waals surface area (Å²) in [6.07, 6.45) is 0. The first-order chi connectivity index (χ1) is 6.66. The van der Waals surface area contributed by atoms with E-state index >= 15 is 0 Å². The number of hydrogen-bond donors (Lipinski definition) is 0. The lowest BCUT2D eigenvalue weighted by atomic mass is 10.0. The Kier molecular flexibility index (Phi) is 3.65. The number of rotatable bonds is 3. The molecule has 0 aromatic heterocycles. The highest BCUT2D eigenvalue weighted by molar-refractivity contribution is 5.90. The maximum Gasteiger partial charge on any atom is 0.373 e. The lowest BCUT2D eigenvalue weighted by molar-refractivity contribution is -0.236. The van der Waals surface area contributed by atoms with Gasteiger partial charge in [-0.3, -0.25) is 4.89 Å². The summed E-state index contributed by atoms with van der Waals surface area (Å²) in [4.78, 5) is 20.6. The van der Waals surface area contributed by atoms with Crippen LogP contribution in [0.5, 0.6) is 0 Å². The van der Waals surface area contributed by atoms with Gasteiger partial charge in [-0.25, -0.2) is 4.79 Å². The maximum atomic E-state index is 11.4. The smallest absolute Gasteiger partial charge is 0.293 e. The molecular weight excluding hydrogens is 180 g/mol. The van der Waals surface area contributed by atoms with Gasteiger partial charge in [0.15, 0.2) is 0 Å². The number of carbonyl (C=O) groups excluding carboxylic acids is 1. The van der Waals surface area contributed by atoms with Crippen LogP contribution in [0.1, 0.15) is 28.4 Å². The van der Waals surface area contributed by atoms with Crippen LogP contribution in [0.3, 0.4) is 0 Å². The molecule has 0 spiro atoms. The molecule has 0 aliphatic carbocycles. The lowest BCUT2D eigenvalue weighted by Gasteiger charge is -2.06. The molecular formula is C11H14O3. The summed E-state index contributed by atoms with van der Waals surface area (Å²) in [5.41, 5.74) is 2.55. The molecule has 0 saturated carbocycles. The zero-order valence-electron chi connectivity index (χ0n) is 8.66. The Balaban J connectivity index is 2.84. The third-order valence-corrected chi connectivity index (χ3v) is 2.08. The van der Waals surface area contributed by atoms with E-state index in [0.29, 0.717) is 12.2 Å². The third kappa shape index (κ3) is 2.33. The summed E-state index contributed by atoms with van der Waals surface area (Å²) >= 11 is 0. The van der Waals surface area contributed by atoms with Crippen LogP contribution in [0.25, 0.3) is 0 Å². The molecule has 0 aliphatic rings. The van der Waals surface area contributed by atoms with E-state index < -0.39 is 5.97 Å². The van der Waals surface area contributed by atoms with E-state index in [1.165, 1.54) is 0 Å². The molecule has 0 heterocycles. The van der Waals surface area contributed by atoms with Gasteiger partial charge in [0.05, 0.1) is 12.2 Å². The highest BCUT2D eigenvalue weighted by atomic mass is 17.2. The molecule has 0 amide bonds. The molecule has 0 radical (unpaired) electrons. The van der Waals surface area contributed by atoms with Gasteiger partial charge in [0.1, 0.15) is 0 Å². The van der Waals surface area contributed by atoms with Crippen LogP contribution >= 0.6 is 0 Å². The van der Waals surface area contributed by atoms with Crippen molar-refractivity contribution in [2.75, 3.05) is 6.61 Å². The quantitative estimate of drug-likeness (QED) is 0.547. The first kappa shape index (κ1) is 10.7. The molecule has 14 heavy (non-hydrogen) atoms. The standard InChI is InChI=1S/C11H14O3/c1-4-13-14-11(12)10-7-5-6-8(2)9(10)3/h5-7H,4H2,1-3H3. The minimum absolute atomic E-state index is 0.358. The van der Waals surface area contributed by atoms with Crippen LogP contribution < -0.4 is 0 Å². The van der Waals surface area contributed by atoms with E-state index in [9.17, 15) is 4.79 Å². The first-order valence-electron chi connectivity index (χ1n) is 4.56. The zero-order valence-corrected chi connectivity index (χ0v) is 8.66. The van der Waals surface area contributed by atoms with Gasteiger partial charge in [-0.1, -0.05) is 12.1 Å². The van der Waals surface area contributed by atoms with Crippen molar-refractivity contribution < 1.29 is 14.6 Å². The minimum Gasteiger partial charge on any atom is -0.293 e. The van der Waals surface area contributed by atoms with Gasteiger partial charge < -0.3 is 0 Å². The molecule has 0 bridgehead atoms. The average Bonchev–Trinajstić information content (AvgIpc) is 2.18. The third-order valence-electron chi connectivity index (χ3n) is 2.08. The summed E-state index contributed by atoms with van der Waals surface area (Å²) in [7, 11) is 0. The van der Waals surface area contributed by atoms with Crippen molar-refractivity contribution in [2.24, 2.45) is 0 Å². The van der Waals surface area contributed by atoms with Crippen LogP contribution in [0.15, 0.2) is 18.2 Å². The maximum absolute atomic E-state index is 11.4. The van der Waals surface area contributed by atoms with Gasteiger partial charge in [0.25, 0.3) is 0 Å². The SMILES string of the molecule is CCOOC(=O)c1cccc(C)c1C. The second kappa shape index (κ2) is 4.77. The molecule has 3 heteroatoms. The van der Waals surface area contributed by atoms with Crippen LogP contribution in [0.2, 0.25) is 0 Å². The zero-order chi connectivity index (χ0) is 10.6. The molecule has 3 nitrogen and oxygen atoms in total. The molecule has 1 rings (SSSR count). The van der Waals surface area contributed by atoms with Crippen molar-refractivity contribution in [1.29, 1.82) is 0 Å². The first-order valence-corrected chi connectivity index (χ1v) is 4.56. The van der Waals surface area contributed by atoms with Gasteiger partial charge in [-0.15, -0.1) is 0 Å². The van der Waals surface area contributed by atoms with E-state index in [1.807, 2.05) is 26.0 Å². The number of benzene rings is 1. The highest BCUT2D eigenvalue weighted by Gasteiger charge is 2.11. The second-order valence-corrected chi connectivity index (χ2v) is 3.02. The lowest BCUT2D eigenvalue weighted by Crippen LogP contribution is -2.08. The van der Waals surface area contributed by atoms with Crippen molar-refractivity contribution in [3.63, 3.8) is 0 Å². The molecule has 0 N–H and O–H groups in total. The minimum atomic E-state index is -0.437. The molecule has 0 saturated heterocycles. The Morgan fingerprint density at radius 2 is 2.07 bits per heavy atom. The number of carbonyl (C=O) groups is 1. The molecule has 0 fully saturated rings. The molecule has 0 atom stereocenters. The fourth-order valence-electron chi connectivity index (χ4n) is 1.13. The largest absolute Gasteiger partial charge is 0.373 e. The van der Waals surface area contributed by atoms with Gasteiger partial charge in [-0.05, 0) is 38.0 Å². The van der Waals surface area contributed by atoms with E-state index in [0.717, 1.165) is 11.1 Å². The van der Waals surface area contributed by atoms with Crippen LogP contribution in [-0.4, -0.2) is 12.6 Å². The van der Waals surface area contributed by atoms with Gasteiger partial charge >= 0.3 is 5.97 Å². The van der Waals surface area contributed by atoms with Gasteiger partial charge in [0.2, 0.25) is 0 Å². The van der Waals surface area contributed by atoms with E-state index in [-0.39, 0.29) is 0 Å². The van der Waals surface area contributed by atoms with E-state index in [2.05, 4.69) is 9.78 Å². The fourth-order valence-corrected chi connectivity index (χ4v) is 1.13. The summed E-state index contributed by atoms with van der Waals surface area (Å²) in [5, 5.41) is 0. The molecule has 1 aromatic carbocycles. The Bertz CT molecular complexity index is 331. The Hall–Kier alpha value is -1.35. The summed E-state index contributed by atoms with van der Waals surface area (Å²) < 4.78 is 0. The Labute approximate surface area is 83.6 Å².